The second-order valence-electron chi connectivity index (χ2n) is 15.4. The molecule has 2 aliphatic rings. The normalized spacial score (nSPS) is 15.2. The molecule has 0 atom stereocenters. The Hall–Kier alpha value is -5.92. The zero-order chi connectivity index (χ0) is 41.2. The number of imide groups is 1. The zero-order valence-electron chi connectivity index (χ0n) is 32.8. The molecule has 57 heavy (non-hydrogen) atoms. The standard InChI is InChI=1S/C41H46F3N9O4/c1-40(2,3)57-39(56)53-19-16-33-31(36(53)54)22-34(51(33)6)35-26(23-46-37(45)49-35)11-10-25-8-7-9-28(20-25)47-38(55)48-29-13-12-27(32(21-29)41(42,43)44)24-52-17-14-30(15-18-52)50(4)5/h7-9,12-13,20-23,30H,14-19,24H2,1-6H3,(H2,45,46,49)(H2,47,48,55). The molecular weight excluding hydrogens is 740 g/mol. The van der Waals surface area contributed by atoms with E-state index in [0.29, 0.717) is 65.0 Å². The monoisotopic (exact) mass is 785 g/mol. The van der Waals surface area contributed by atoms with E-state index in [1.165, 1.54) is 18.3 Å². The first-order valence-electron chi connectivity index (χ1n) is 18.5. The third kappa shape index (κ3) is 9.73. The number of hydrogen-bond acceptors (Lipinski definition) is 9. The number of piperidine rings is 1. The lowest BCUT2D eigenvalue weighted by Gasteiger charge is -2.35. The third-order valence-electron chi connectivity index (χ3n) is 9.89. The quantitative estimate of drug-likeness (QED) is 0.184. The molecule has 300 valence electrons. The number of hydrogen-bond donors (Lipinski definition) is 3. The van der Waals surface area contributed by atoms with Crippen molar-refractivity contribution in [2.24, 2.45) is 7.05 Å². The molecule has 1 fully saturated rings. The summed E-state index contributed by atoms with van der Waals surface area (Å²) in [7, 11) is 5.81. The van der Waals surface area contributed by atoms with Crippen molar-refractivity contribution >= 4 is 35.4 Å². The van der Waals surface area contributed by atoms with E-state index in [1.807, 2.05) is 23.6 Å². The van der Waals surface area contributed by atoms with Gasteiger partial charge in [-0.1, -0.05) is 24.0 Å². The van der Waals surface area contributed by atoms with Crippen molar-refractivity contribution in [2.75, 3.05) is 50.1 Å². The highest BCUT2D eigenvalue weighted by molar-refractivity contribution is 6.05. The number of nitrogens with two attached hydrogens (primary N) is 1. The summed E-state index contributed by atoms with van der Waals surface area (Å²) in [6.45, 7) is 6.91. The number of rotatable bonds is 6. The Kier molecular flexibility index (Phi) is 11.6. The minimum atomic E-state index is -4.60. The average molecular weight is 786 g/mol. The van der Waals surface area contributed by atoms with Crippen LogP contribution in [0.4, 0.5) is 40.1 Å². The number of nitrogens with zero attached hydrogens (tertiary/aromatic N) is 6. The Bertz CT molecular complexity index is 2240. The van der Waals surface area contributed by atoms with Gasteiger partial charge in [0, 0.05) is 61.4 Å². The van der Waals surface area contributed by atoms with Crippen LogP contribution in [0, 0.1) is 11.8 Å². The molecule has 2 aromatic carbocycles. The number of carbonyl (C=O) groups is 3. The lowest BCUT2D eigenvalue weighted by molar-refractivity contribution is -0.138. The van der Waals surface area contributed by atoms with Crippen molar-refractivity contribution in [3.05, 3.63) is 88.2 Å². The molecular formula is C41H46F3N9O4. The molecule has 0 saturated carbocycles. The molecule has 0 bridgehead atoms. The lowest BCUT2D eigenvalue weighted by Crippen LogP contribution is -2.44. The molecule has 2 aliphatic heterocycles. The molecule has 0 spiro atoms. The molecule has 1 saturated heterocycles. The summed E-state index contributed by atoms with van der Waals surface area (Å²) in [4.78, 5) is 53.0. The van der Waals surface area contributed by atoms with Gasteiger partial charge < -0.3 is 30.6 Å². The number of halogens is 3. The van der Waals surface area contributed by atoms with Crippen LogP contribution >= 0.6 is 0 Å². The number of aromatic nitrogens is 3. The fraction of sp³-hybridized carbons (Fsp3) is 0.390. The van der Waals surface area contributed by atoms with E-state index >= 15 is 0 Å². The molecule has 4 amide bonds. The first-order valence-corrected chi connectivity index (χ1v) is 18.5. The Morgan fingerprint density at radius 2 is 1.70 bits per heavy atom. The van der Waals surface area contributed by atoms with Gasteiger partial charge in [0.15, 0.2) is 0 Å². The number of nitrogen functional groups attached to an aromatic ring is 1. The van der Waals surface area contributed by atoms with Crippen molar-refractivity contribution in [1.82, 2.24) is 29.2 Å². The largest absolute Gasteiger partial charge is 0.443 e. The van der Waals surface area contributed by atoms with E-state index in [1.54, 1.807) is 58.2 Å². The first-order chi connectivity index (χ1) is 26.9. The van der Waals surface area contributed by atoms with Gasteiger partial charge in [-0.3, -0.25) is 9.69 Å². The van der Waals surface area contributed by atoms with Crippen LogP contribution in [0.5, 0.6) is 0 Å². The van der Waals surface area contributed by atoms with Gasteiger partial charge in [0.1, 0.15) is 11.3 Å². The molecule has 4 aromatic rings. The molecule has 2 aromatic heterocycles. The van der Waals surface area contributed by atoms with E-state index in [0.717, 1.165) is 23.8 Å². The number of amides is 4. The van der Waals surface area contributed by atoms with Crippen molar-refractivity contribution in [1.29, 1.82) is 0 Å². The maximum absolute atomic E-state index is 14.2. The Balaban J connectivity index is 1.16. The van der Waals surface area contributed by atoms with E-state index in [4.69, 9.17) is 10.5 Å². The van der Waals surface area contributed by atoms with Gasteiger partial charge in [-0.25, -0.2) is 24.5 Å². The van der Waals surface area contributed by atoms with Crippen LogP contribution in [0.1, 0.15) is 71.9 Å². The zero-order valence-corrected chi connectivity index (χ0v) is 32.8. The smallest absolute Gasteiger partial charge is 0.417 e. The highest BCUT2D eigenvalue weighted by Gasteiger charge is 2.36. The number of likely N-dealkylation sites (tertiary alicyclic amines) is 1. The molecule has 0 unspecified atom stereocenters. The molecule has 4 heterocycles. The fourth-order valence-corrected chi connectivity index (χ4v) is 6.99. The first kappa shape index (κ1) is 40.7. The van der Waals surface area contributed by atoms with Gasteiger partial charge in [-0.15, -0.1) is 0 Å². The second-order valence-corrected chi connectivity index (χ2v) is 15.4. The predicted octanol–water partition coefficient (Wildman–Crippen LogP) is 6.59. The molecule has 4 N–H and O–H groups in total. The SMILES string of the molecule is CN(C)C1CCN(Cc2ccc(NC(=O)Nc3cccc(C#Cc4cnc(N)nc4-c4cc5c(n4C)CCN(C(=O)OC(C)(C)C)C5=O)c3)cc2C(F)(F)F)CC1. The molecule has 13 nitrogen and oxygen atoms in total. The van der Waals surface area contributed by atoms with Crippen molar-refractivity contribution in [3.8, 4) is 23.2 Å². The molecule has 0 aliphatic carbocycles. The highest BCUT2D eigenvalue weighted by Crippen LogP contribution is 2.35. The number of fused-ring (bicyclic) bond motifs is 1. The maximum Gasteiger partial charge on any atom is 0.417 e. The van der Waals surface area contributed by atoms with Gasteiger partial charge in [0.05, 0.1) is 22.4 Å². The van der Waals surface area contributed by atoms with Gasteiger partial charge in [-0.05, 0) is 103 Å². The van der Waals surface area contributed by atoms with Crippen LogP contribution in [-0.2, 0) is 30.9 Å². The van der Waals surface area contributed by atoms with Crippen molar-refractivity contribution < 1.29 is 32.3 Å². The summed E-state index contributed by atoms with van der Waals surface area (Å²) in [6.07, 6.45) is -1.69. The van der Waals surface area contributed by atoms with Crippen LogP contribution in [0.25, 0.3) is 11.4 Å². The Morgan fingerprint density at radius 1 is 1.00 bits per heavy atom. The van der Waals surface area contributed by atoms with E-state index in [-0.39, 0.29) is 30.3 Å². The van der Waals surface area contributed by atoms with Gasteiger partial charge >= 0.3 is 18.3 Å². The lowest BCUT2D eigenvalue weighted by atomic mass is 10.0. The summed E-state index contributed by atoms with van der Waals surface area (Å²) in [6, 6.07) is 11.8. The maximum atomic E-state index is 14.2. The molecule has 6 rings (SSSR count). The number of benzene rings is 2. The second kappa shape index (κ2) is 16.3. The average Bonchev–Trinajstić information content (AvgIpc) is 3.47. The van der Waals surface area contributed by atoms with Crippen LogP contribution in [0.15, 0.2) is 54.7 Å². The predicted molar refractivity (Wildman–Crippen MR) is 210 cm³/mol. The van der Waals surface area contributed by atoms with E-state index < -0.39 is 35.4 Å². The number of anilines is 3. The summed E-state index contributed by atoms with van der Waals surface area (Å²) < 4.78 is 49.8. The van der Waals surface area contributed by atoms with Crippen molar-refractivity contribution in [2.45, 2.75) is 64.4 Å². The number of ether oxygens (including phenoxy) is 1. The summed E-state index contributed by atoms with van der Waals surface area (Å²) in [5.41, 5.74) is 7.79. The third-order valence-corrected chi connectivity index (χ3v) is 9.89. The minimum Gasteiger partial charge on any atom is -0.443 e. The summed E-state index contributed by atoms with van der Waals surface area (Å²) in [5.74, 6) is 5.60. The molecule has 0 radical (unpaired) electrons. The number of alkyl halides is 3. The van der Waals surface area contributed by atoms with Crippen LogP contribution in [0.2, 0.25) is 0 Å². The van der Waals surface area contributed by atoms with Crippen LogP contribution < -0.4 is 16.4 Å². The van der Waals surface area contributed by atoms with Gasteiger partial charge in [0.25, 0.3) is 5.91 Å². The minimum absolute atomic E-state index is 0.00307. The fourth-order valence-electron chi connectivity index (χ4n) is 6.99. The Morgan fingerprint density at radius 3 is 2.37 bits per heavy atom. The summed E-state index contributed by atoms with van der Waals surface area (Å²) >= 11 is 0. The summed E-state index contributed by atoms with van der Waals surface area (Å²) in [5, 5.41) is 5.18. The van der Waals surface area contributed by atoms with Crippen molar-refractivity contribution in [3.63, 3.8) is 0 Å². The van der Waals surface area contributed by atoms with Crippen LogP contribution in [0.3, 0.4) is 0 Å². The topological polar surface area (TPSA) is 151 Å². The number of urea groups is 1. The van der Waals surface area contributed by atoms with Gasteiger partial charge in [-0.2, -0.15) is 13.2 Å². The van der Waals surface area contributed by atoms with E-state index in [2.05, 4.69) is 37.3 Å². The van der Waals surface area contributed by atoms with E-state index in [9.17, 15) is 27.6 Å². The highest BCUT2D eigenvalue weighted by atomic mass is 19.4. The Labute approximate surface area is 329 Å². The van der Waals surface area contributed by atoms with Crippen LogP contribution in [-0.4, -0.2) is 92.6 Å². The number of nitrogens with one attached hydrogen (secondary N) is 2. The molecule has 16 heteroatoms. The van der Waals surface area contributed by atoms with Gasteiger partial charge in [0.2, 0.25) is 5.95 Å². The number of carbonyl (C=O) groups excluding carboxylic acids is 3.